The van der Waals surface area contributed by atoms with Crippen LogP contribution in [0.2, 0.25) is 0 Å². The monoisotopic (exact) mass is 405 g/mol. The normalized spacial score (nSPS) is 11.0. The molecule has 1 aromatic heterocycles. The van der Waals surface area contributed by atoms with Gasteiger partial charge in [-0.3, -0.25) is 0 Å². The number of hydrogen-bond donors (Lipinski definition) is 0. The molecule has 3 aromatic rings. The first-order valence-corrected chi connectivity index (χ1v) is 7.47. The van der Waals surface area contributed by atoms with Crippen molar-refractivity contribution in [2.24, 2.45) is 5.10 Å². The molecule has 1 heterocycles. The number of para-hydroxylation sites is 2. The third-order valence-electron chi connectivity index (χ3n) is 3.57. The fourth-order valence-electron chi connectivity index (χ4n) is 2.42. The summed E-state index contributed by atoms with van der Waals surface area (Å²) in [6.07, 6.45) is 6.36. The van der Waals surface area contributed by atoms with Gasteiger partial charge in [-0.2, -0.15) is 0 Å². The molecule has 0 aliphatic carbocycles. The second kappa shape index (κ2) is 8.08. The smallest absolute Gasteiger partial charge is 0.270 e. The van der Waals surface area contributed by atoms with Gasteiger partial charge in [-0.1, -0.05) is 65.6 Å². The standard InChI is InChI=1S/C18H20N3.HI/c1-2-3-13-20-15-21(18-12-8-7-11-17(18)20)19-14-16-9-5-4-6-10-16;/h4-12,14-15H,2-3,13H2,1H3;1H/q+1;/p-1/b19-14+;. The predicted molar refractivity (Wildman–Crippen MR) is 86.5 cm³/mol. The summed E-state index contributed by atoms with van der Waals surface area (Å²) in [5, 5.41) is 4.60. The van der Waals surface area contributed by atoms with Gasteiger partial charge in [-0.25, -0.2) is 4.57 Å². The SMILES string of the molecule is CCCC[n+]1cn(/N=C/c2ccccc2)c2ccccc21.[I-]. The number of fused-ring (bicyclic) bond motifs is 1. The average Bonchev–Trinajstić information content (AvgIpc) is 2.90. The van der Waals surface area contributed by atoms with E-state index >= 15 is 0 Å². The van der Waals surface area contributed by atoms with E-state index in [2.05, 4.69) is 59.3 Å². The Morgan fingerprint density at radius 3 is 2.55 bits per heavy atom. The molecule has 0 unspecified atom stereocenters. The van der Waals surface area contributed by atoms with Crippen molar-refractivity contribution in [1.82, 2.24) is 4.68 Å². The Labute approximate surface area is 148 Å². The van der Waals surface area contributed by atoms with Crippen molar-refractivity contribution in [3.63, 3.8) is 0 Å². The summed E-state index contributed by atoms with van der Waals surface area (Å²) < 4.78 is 4.24. The second-order valence-corrected chi connectivity index (χ2v) is 5.15. The molecular weight excluding hydrogens is 385 g/mol. The van der Waals surface area contributed by atoms with Crippen LogP contribution in [-0.2, 0) is 6.54 Å². The van der Waals surface area contributed by atoms with Gasteiger partial charge in [0.1, 0.15) is 0 Å². The Kier molecular flexibility index (Phi) is 6.12. The Bertz CT molecular complexity index is 747. The second-order valence-electron chi connectivity index (χ2n) is 5.15. The van der Waals surface area contributed by atoms with E-state index in [0.29, 0.717) is 0 Å². The first-order chi connectivity index (χ1) is 10.4. The first-order valence-electron chi connectivity index (χ1n) is 7.47. The minimum atomic E-state index is 0. The molecular formula is C18H20IN3. The number of unbranched alkanes of at least 4 members (excludes halogenated alkanes) is 1. The van der Waals surface area contributed by atoms with Crippen LogP contribution in [0.15, 0.2) is 66.0 Å². The summed E-state index contributed by atoms with van der Waals surface area (Å²) in [6, 6.07) is 18.6. The molecule has 0 spiro atoms. The van der Waals surface area contributed by atoms with Crippen LogP contribution in [0.1, 0.15) is 25.3 Å². The van der Waals surface area contributed by atoms with E-state index < -0.39 is 0 Å². The molecule has 3 nitrogen and oxygen atoms in total. The number of aryl methyl sites for hydroxylation is 1. The Morgan fingerprint density at radius 2 is 1.77 bits per heavy atom. The molecule has 0 saturated carbocycles. The van der Waals surface area contributed by atoms with Crippen LogP contribution in [0.3, 0.4) is 0 Å². The quantitative estimate of drug-likeness (QED) is 0.337. The summed E-state index contributed by atoms with van der Waals surface area (Å²) in [4.78, 5) is 0. The minimum absolute atomic E-state index is 0. The fourth-order valence-corrected chi connectivity index (χ4v) is 2.42. The molecule has 0 N–H and O–H groups in total. The molecule has 3 rings (SSSR count). The van der Waals surface area contributed by atoms with Crippen LogP contribution in [0.25, 0.3) is 11.0 Å². The molecule has 0 saturated heterocycles. The van der Waals surface area contributed by atoms with E-state index in [1.54, 1.807) is 0 Å². The molecule has 0 atom stereocenters. The van der Waals surface area contributed by atoms with Crippen molar-refractivity contribution in [2.45, 2.75) is 26.3 Å². The number of imidazole rings is 1. The number of rotatable bonds is 5. The molecule has 0 bridgehead atoms. The van der Waals surface area contributed by atoms with E-state index in [0.717, 1.165) is 17.6 Å². The lowest BCUT2D eigenvalue weighted by molar-refractivity contribution is -0.672. The number of benzene rings is 2. The molecule has 2 aromatic carbocycles. The van der Waals surface area contributed by atoms with Crippen LogP contribution in [0, 0.1) is 0 Å². The van der Waals surface area contributed by atoms with E-state index in [4.69, 9.17) is 0 Å². The summed E-state index contributed by atoms with van der Waals surface area (Å²) in [5.74, 6) is 0. The maximum atomic E-state index is 4.60. The molecule has 0 radical (unpaired) electrons. The van der Waals surface area contributed by atoms with Gasteiger partial charge in [-0.05, 0) is 24.1 Å². The van der Waals surface area contributed by atoms with Crippen LogP contribution >= 0.6 is 0 Å². The van der Waals surface area contributed by atoms with E-state index in [9.17, 15) is 0 Å². The van der Waals surface area contributed by atoms with Crippen molar-refractivity contribution in [3.05, 3.63) is 66.5 Å². The van der Waals surface area contributed by atoms with Gasteiger partial charge >= 0.3 is 0 Å². The highest BCUT2D eigenvalue weighted by Gasteiger charge is 2.13. The Hall–Kier alpha value is -1.69. The zero-order valence-electron chi connectivity index (χ0n) is 12.7. The molecule has 0 aliphatic heterocycles. The van der Waals surface area contributed by atoms with Crippen LogP contribution in [-0.4, -0.2) is 10.9 Å². The van der Waals surface area contributed by atoms with Gasteiger partial charge in [-0.15, -0.1) is 0 Å². The van der Waals surface area contributed by atoms with Crippen molar-refractivity contribution in [3.8, 4) is 0 Å². The van der Waals surface area contributed by atoms with Crippen LogP contribution in [0.5, 0.6) is 0 Å². The van der Waals surface area contributed by atoms with Crippen molar-refractivity contribution >= 4 is 17.2 Å². The van der Waals surface area contributed by atoms with Crippen molar-refractivity contribution in [1.29, 1.82) is 0 Å². The predicted octanol–water partition coefficient (Wildman–Crippen LogP) is 0.615. The maximum Gasteiger partial charge on any atom is 0.270 e. The summed E-state index contributed by atoms with van der Waals surface area (Å²) in [5.41, 5.74) is 3.48. The number of aromatic nitrogens is 2. The number of hydrogen-bond acceptors (Lipinski definition) is 1. The van der Waals surface area contributed by atoms with Gasteiger partial charge < -0.3 is 24.0 Å². The molecule has 114 valence electrons. The van der Waals surface area contributed by atoms with Crippen LogP contribution in [0.4, 0.5) is 0 Å². The van der Waals surface area contributed by atoms with Crippen molar-refractivity contribution < 1.29 is 28.5 Å². The highest BCUT2D eigenvalue weighted by molar-refractivity contribution is 5.80. The van der Waals surface area contributed by atoms with E-state index in [1.165, 1.54) is 18.4 Å². The lowest BCUT2D eigenvalue weighted by Gasteiger charge is -1.93. The van der Waals surface area contributed by atoms with Gasteiger partial charge in [0.2, 0.25) is 5.52 Å². The van der Waals surface area contributed by atoms with E-state index in [1.807, 2.05) is 29.1 Å². The Balaban J connectivity index is 0.00000176. The fraction of sp³-hybridized carbons (Fsp3) is 0.222. The lowest BCUT2D eigenvalue weighted by atomic mass is 10.2. The highest BCUT2D eigenvalue weighted by atomic mass is 127. The maximum absolute atomic E-state index is 4.60. The zero-order valence-corrected chi connectivity index (χ0v) is 14.8. The largest absolute Gasteiger partial charge is 1.00 e. The molecule has 0 fully saturated rings. The summed E-state index contributed by atoms with van der Waals surface area (Å²) in [6.45, 7) is 3.25. The van der Waals surface area contributed by atoms with Gasteiger partial charge in [0.25, 0.3) is 6.33 Å². The van der Waals surface area contributed by atoms with Gasteiger partial charge in [0.15, 0.2) is 5.52 Å². The molecule has 22 heavy (non-hydrogen) atoms. The van der Waals surface area contributed by atoms with Crippen molar-refractivity contribution in [2.75, 3.05) is 0 Å². The molecule has 0 aliphatic rings. The minimum Gasteiger partial charge on any atom is -1.00 e. The van der Waals surface area contributed by atoms with Gasteiger partial charge in [0, 0.05) is 0 Å². The highest BCUT2D eigenvalue weighted by Crippen LogP contribution is 2.11. The topological polar surface area (TPSA) is 21.2 Å². The summed E-state index contributed by atoms with van der Waals surface area (Å²) in [7, 11) is 0. The van der Waals surface area contributed by atoms with E-state index in [-0.39, 0.29) is 24.0 Å². The summed E-state index contributed by atoms with van der Waals surface area (Å²) >= 11 is 0. The first kappa shape index (κ1) is 16.7. The number of nitrogens with zero attached hydrogens (tertiary/aromatic N) is 3. The van der Waals surface area contributed by atoms with Crippen LogP contribution < -0.4 is 28.5 Å². The molecule has 4 heteroatoms. The lowest BCUT2D eigenvalue weighted by Crippen LogP contribution is -3.00. The Morgan fingerprint density at radius 1 is 1.05 bits per heavy atom. The van der Waals surface area contributed by atoms with Gasteiger partial charge in [0.05, 0.1) is 12.8 Å². The third-order valence-corrected chi connectivity index (χ3v) is 3.57. The average molecular weight is 405 g/mol. The molecule has 0 amide bonds. The zero-order chi connectivity index (χ0) is 14.5. The number of halogens is 1. The third kappa shape index (κ3) is 3.74.